The van der Waals surface area contributed by atoms with E-state index >= 15 is 0 Å². The second kappa shape index (κ2) is 7.62. The quantitative estimate of drug-likeness (QED) is 0.583. The minimum atomic E-state index is -3.99. The predicted molar refractivity (Wildman–Crippen MR) is 112 cm³/mol. The number of nitrogens with zero attached hydrogens (tertiary/aromatic N) is 1. The van der Waals surface area contributed by atoms with E-state index in [1.54, 1.807) is 29.2 Å². The fraction of sp³-hybridized carbons (Fsp3) is 0.300. The zero-order valence-electron chi connectivity index (χ0n) is 16.5. The Morgan fingerprint density at radius 3 is 2.47 bits per heavy atom. The standard InChI is InChI=1S/C20H22N4O5S/c1-12-10-24(11-13(2)29-12)19(25)15-5-3-4-6-16(15)23-30(27,28)14-7-8-17-18(9-14)22-20(26)21-17/h3-9,12-13,23H,10-11H2,1-2H3,(H2,21,22,26)/t12-,13+. The van der Waals surface area contributed by atoms with Crippen molar-refractivity contribution < 1.29 is 17.9 Å². The normalized spacial score (nSPS) is 19.7. The molecule has 0 spiro atoms. The van der Waals surface area contributed by atoms with E-state index in [9.17, 15) is 18.0 Å². The zero-order valence-corrected chi connectivity index (χ0v) is 17.3. The van der Waals surface area contributed by atoms with E-state index in [4.69, 9.17) is 4.74 Å². The number of morpholine rings is 1. The number of fused-ring (bicyclic) bond motifs is 1. The monoisotopic (exact) mass is 430 g/mol. The maximum absolute atomic E-state index is 13.1. The van der Waals surface area contributed by atoms with Crippen molar-refractivity contribution in [3.05, 3.63) is 58.5 Å². The van der Waals surface area contributed by atoms with E-state index in [1.165, 1.54) is 18.2 Å². The SMILES string of the molecule is C[C@@H]1CN(C(=O)c2ccccc2NS(=O)(=O)c2ccc3[nH]c(=O)[nH]c3c2)C[C@H](C)O1. The third-order valence-corrected chi connectivity index (χ3v) is 6.27. The first-order chi connectivity index (χ1) is 14.2. The molecule has 0 aliphatic carbocycles. The molecule has 0 saturated carbocycles. The number of benzene rings is 2. The summed E-state index contributed by atoms with van der Waals surface area (Å²) in [4.78, 5) is 31.3. The van der Waals surface area contributed by atoms with E-state index in [-0.39, 0.29) is 34.3 Å². The number of sulfonamides is 1. The Kier molecular flexibility index (Phi) is 5.12. The number of nitrogens with one attached hydrogen (secondary N) is 3. The van der Waals surface area contributed by atoms with Gasteiger partial charge < -0.3 is 19.6 Å². The molecule has 4 rings (SSSR count). The molecular formula is C20H22N4O5S. The number of carbonyl (C=O) groups is 1. The van der Waals surface area contributed by atoms with Gasteiger partial charge in [-0.2, -0.15) is 0 Å². The number of hydrogen-bond donors (Lipinski definition) is 3. The average Bonchev–Trinajstić information content (AvgIpc) is 3.06. The van der Waals surface area contributed by atoms with Gasteiger partial charge >= 0.3 is 5.69 Å². The molecule has 1 saturated heterocycles. The van der Waals surface area contributed by atoms with Crippen molar-refractivity contribution in [3.63, 3.8) is 0 Å². The van der Waals surface area contributed by atoms with Gasteiger partial charge in [-0.1, -0.05) is 12.1 Å². The van der Waals surface area contributed by atoms with Crippen molar-refractivity contribution in [1.82, 2.24) is 14.9 Å². The minimum absolute atomic E-state index is 0.0267. The lowest BCUT2D eigenvalue weighted by Gasteiger charge is -2.35. The Hall–Kier alpha value is -3.11. The first kappa shape index (κ1) is 20.2. The summed E-state index contributed by atoms with van der Waals surface area (Å²) in [7, 11) is -3.99. The summed E-state index contributed by atoms with van der Waals surface area (Å²) in [5.74, 6) is -0.263. The Labute approximate surface area is 173 Å². The number of H-pyrrole nitrogens is 2. The number of carbonyl (C=O) groups excluding carboxylic acids is 1. The van der Waals surface area contributed by atoms with Crippen LogP contribution in [0, 0.1) is 0 Å². The predicted octanol–water partition coefficient (Wildman–Crippen LogP) is 1.91. The third-order valence-electron chi connectivity index (χ3n) is 4.91. The highest BCUT2D eigenvalue weighted by Gasteiger charge is 2.28. The molecule has 2 heterocycles. The van der Waals surface area contributed by atoms with Crippen molar-refractivity contribution in [2.45, 2.75) is 31.0 Å². The molecule has 1 aromatic heterocycles. The molecule has 0 unspecified atom stereocenters. The van der Waals surface area contributed by atoms with Gasteiger partial charge in [0.05, 0.1) is 39.4 Å². The molecule has 1 amide bonds. The van der Waals surface area contributed by atoms with Crippen LogP contribution in [0.3, 0.4) is 0 Å². The van der Waals surface area contributed by atoms with Crippen LogP contribution in [0.4, 0.5) is 5.69 Å². The summed E-state index contributed by atoms with van der Waals surface area (Å²) in [6.07, 6.45) is -0.200. The average molecular weight is 430 g/mol. The summed E-state index contributed by atoms with van der Waals surface area (Å²) in [5, 5.41) is 0. The Morgan fingerprint density at radius 1 is 1.07 bits per heavy atom. The second-order valence-electron chi connectivity index (χ2n) is 7.41. The first-order valence-corrected chi connectivity index (χ1v) is 11.0. The van der Waals surface area contributed by atoms with Crippen LogP contribution in [0.15, 0.2) is 52.2 Å². The molecule has 3 aromatic rings. The maximum atomic E-state index is 13.1. The van der Waals surface area contributed by atoms with Crippen LogP contribution < -0.4 is 10.4 Å². The van der Waals surface area contributed by atoms with E-state index in [2.05, 4.69) is 14.7 Å². The van der Waals surface area contributed by atoms with Crippen LogP contribution in [-0.2, 0) is 14.8 Å². The van der Waals surface area contributed by atoms with Crippen LogP contribution >= 0.6 is 0 Å². The molecule has 1 aliphatic rings. The van der Waals surface area contributed by atoms with Gasteiger partial charge in [0.2, 0.25) is 0 Å². The first-order valence-electron chi connectivity index (χ1n) is 9.51. The van der Waals surface area contributed by atoms with Gasteiger partial charge in [-0.05, 0) is 44.2 Å². The van der Waals surface area contributed by atoms with E-state index in [0.717, 1.165) is 0 Å². The van der Waals surface area contributed by atoms with Crippen molar-refractivity contribution in [3.8, 4) is 0 Å². The molecule has 2 atom stereocenters. The number of aromatic nitrogens is 2. The highest BCUT2D eigenvalue weighted by Crippen LogP contribution is 2.24. The van der Waals surface area contributed by atoms with Gasteiger partial charge in [-0.15, -0.1) is 0 Å². The molecule has 9 nitrogen and oxygen atoms in total. The van der Waals surface area contributed by atoms with Crippen molar-refractivity contribution in [2.24, 2.45) is 0 Å². The Morgan fingerprint density at radius 2 is 1.73 bits per heavy atom. The molecular weight excluding hydrogens is 408 g/mol. The summed E-state index contributed by atoms with van der Waals surface area (Å²) >= 11 is 0. The molecule has 158 valence electrons. The van der Waals surface area contributed by atoms with E-state index in [1.807, 2.05) is 13.8 Å². The number of amides is 1. The molecule has 2 aromatic carbocycles. The van der Waals surface area contributed by atoms with Gasteiger partial charge in [-0.3, -0.25) is 9.52 Å². The lowest BCUT2D eigenvalue weighted by Crippen LogP contribution is -2.48. The highest BCUT2D eigenvalue weighted by molar-refractivity contribution is 7.92. The number of anilines is 1. The van der Waals surface area contributed by atoms with Crippen molar-refractivity contribution in [2.75, 3.05) is 17.8 Å². The molecule has 30 heavy (non-hydrogen) atoms. The van der Waals surface area contributed by atoms with Crippen LogP contribution in [0.5, 0.6) is 0 Å². The second-order valence-corrected chi connectivity index (χ2v) is 9.09. The van der Waals surface area contributed by atoms with Gasteiger partial charge in [0.1, 0.15) is 0 Å². The topological polar surface area (TPSA) is 124 Å². The lowest BCUT2D eigenvalue weighted by atomic mass is 10.1. The molecule has 0 radical (unpaired) electrons. The smallest absolute Gasteiger partial charge is 0.323 e. The highest BCUT2D eigenvalue weighted by atomic mass is 32.2. The van der Waals surface area contributed by atoms with Crippen molar-refractivity contribution >= 4 is 32.7 Å². The molecule has 1 fully saturated rings. The molecule has 3 N–H and O–H groups in total. The largest absolute Gasteiger partial charge is 0.372 e. The summed E-state index contributed by atoms with van der Waals surface area (Å²) in [6, 6.07) is 10.8. The molecule has 10 heteroatoms. The summed E-state index contributed by atoms with van der Waals surface area (Å²) in [5.41, 5.74) is 0.918. The summed E-state index contributed by atoms with van der Waals surface area (Å²) < 4.78 is 34.1. The minimum Gasteiger partial charge on any atom is -0.372 e. The van der Waals surface area contributed by atoms with Gasteiger partial charge in [-0.25, -0.2) is 13.2 Å². The summed E-state index contributed by atoms with van der Waals surface area (Å²) in [6.45, 7) is 4.65. The molecule has 1 aliphatic heterocycles. The number of imidazole rings is 1. The van der Waals surface area contributed by atoms with Crippen LogP contribution in [-0.4, -0.2) is 54.5 Å². The Bertz CT molecular complexity index is 1250. The number of aromatic amines is 2. The van der Waals surface area contributed by atoms with E-state index in [0.29, 0.717) is 24.1 Å². The van der Waals surface area contributed by atoms with E-state index < -0.39 is 15.7 Å². The van der Waals surface area contributed by atoms with Crippen LogP contribution in [0.1, 0.15) is 24.2 Å². The lowest BCUT2D eigenvalue weighted by molar-refractivity contribution is -0.0585. The fourth-order valence-electron chi connectivity index (χ4n) is 3.66. The van der Waals surface area contributed by atoms with Crippen LogP contribution in [0.2, 0.25) is 0 Å². The Balaban J connectivity index is 1.64. The number of ether oxygens (including phenoxy) is 1. The van der Waals surface area contributed by atoms with Gasteiger partial charge in [0.25, 0.3) is 15.9 Å². The zero-order chi connectivity index (χ0) is 21.5. The number of hydrogen-bond acceptors (Lipinski definition) is 5. The van der Waals surface area contributed by atoms with Gasteiger partial charge in [0, 0.05) is 13.1 Å². The van der Waals surface area contributed by atoms with Gasteiger partial charge in [0.15, 0.2) is 0 Å². The number of rotatable bonds is 4. The number of para-hydroxylation sites is 1. The van der Waals surface area contributed by atoms with Crippen LogP contribution in [0.25, 0.3) is 11.0 Å². The third kappa shape index (κ3) is 3.96. The molecule has 0 bridgehead atoms. The van der Waals surface area contributed by atoms with Crippen molar-refractivity contribution in [1.29, 1.82) is 0 Å². The maximum Gasteiger partial charge on any atom is 0.323 e. The fourth-order valence-corrected chi connectivity index (χ4v) is 4.76.